The molecule has 0 unspecified atom stereocenters. The van der Waals surface area contributed by atoms with E-state index in [0.29, 0.717) is 0 Å². The number of fused-ring (bicyclic) bond motifs is 1. The van der Waals surface area contributed by atoms with E-state index in [-0.39, 0.29) is 0 Å². The number of aryl methyl sites for hydroxylation is 2. The lowest BCUT2D eigenvalue weighted by Gasteiger charge is -2.04. The molecule has 3 nitrogen and oxygen atoms in total. The Morgan fingerprint density at radius 2 is 2.33 bits per heavy atom. The van der Waals surface area contributed by atoms with Crippen molar-refractivity contribution in [3.63, 3.8) is 0 Å². The van der Waals surface area contributed by atoms with Crippen LogP contribution < -0.4 is 4.74 Å². The summed E-state index contributed by atoms with van der Waals surface area (Å²) in [6.45, 7) is 1.73. The van der Waals surface area contributed by atoms with Crippen LogP contribution in [0, 0.1) is 3.70 Å². The van der Waals surface area contributed by atoms with Crippen LogP contribution in [0.3, 0.4) is 0 Å². The molecule has 0 bridgehead atoms. The Bertz CT molecular complexity index is 563. The van der Waals surface area contributed by atoms with Crippen LogP contribution in [0.4, 0.5) is 0 Å². The molecule has 0 saturated carbocycles. The van der Waals surface area contributed by atoms with Crippen molar-refractivity contribution in [3.8, 4) is 5.75 Å². The number of ether oxygens (including phenoxy) is 1. The summed E-state index contributed by atoms with van der Waals surface area (Å²) in [4.78, 5) is 0. The Balaban J connectivity index is 1.70. The number of nitrogens with zero attached hydrogens (tertiary/aromatic N) is 2. The van der Waals surface area contributed by atoms with E-state index < -0.39 is 0 Å². The van der Waals surface area contributed by atoms with E-state index in [0.717, 1.165) is 39.9 Å². The van der Waals surface area contributed by atoms with Gasteiger partial charge in [-0.1, -0.05) is 12.1 Å². The van der Waals surface area contributed by atoms with Crippen LogP contribution in [0.15, 0.2) is 28.9 Å². The number of aromatic nitrogens is 2. The van der Waals surface area contributed by atoms with Crippen molar-refractivity contribution < 1.29 is 4.74 Å². The summed E-state index contributed by atoms with van der Waals surface area (Å²) in [5.74, 6) is 1.05. The number of hydrogen-bond acceptors (Lipinski definition) is 2. The molecule has 3 rings (SSSR count). The minimum Gasteiger partial charge on any atom is -0.493 e. The lowest BCUT2D eigenvalue weighted by Crippen LogP contribution is -2.02. The summed E-state index contributed by atoms with van der Waals surface area (Å²) in [5, 5.41) is 4.43. The van der Waals surface area contributed by atoms with E-state index in [1.807, 2.05) is 10.9 Å². The zero-order valence-electron chi connectivity index (χ0n) is 9.70. The van der Waals surface area contributed by atoms with E-state index in [4.69, 9.17) is 4.74 Å². The Morgan fingerprint density at radius 1 is 1.44 bits per heavy atom. The van der Waals surface area contributed by atoms with Gasteiger partial charge in [0, 0.05) is 19.2 Å². The van der Waals surface area contributed by atoms with E-state index in [9.17, 15) is 0 Å². The molecule has 0 radical (unpaired) electrons. The van der Waals surface area contributed by atoms with Crippen molar-refractivity contribution >= 4 is 38.5 Å². The van der Waals surface area contributed by atoms with Crippen molar-refractivity contribution in [1.29, 1.82) is 0 Å². The average Bonchev–Trinajstić information content (AvgIpc) is 2.94. The van der Waals surface area contributed by atoms with Crippen molar-refractivity contribution in [2.75, 3.05) is 6.61 Å². The van der Waals surface area contributed by atoms with Crippen molar-refractivity contribution in [3.05, 3.63) is 43.7 Å². The van der Waals surface area contributed by atoms with Gasteiger partial charge in [-0.05, 0) is 62.1 Å². The van der Waals surface area contributed by atoms with Gasteiger partial charge in [-0.2, -0.15) is 5.10 Å². The number of halogens is 2. The molecule has 0 spiro atoms. The number of rotatable bonds is 3. The van der Waals surface area contributed by atoms with E-state index >= 15 is 0 Å². The van der Waals surface area contributed by atoms with Gasteiger partial charge < -0.3 is 4.74 Å². The molecule has 1 aromatic heterocycles. The maximum Gasteiger partial charge on any atom is 0.137 e. The minimum atomic E-state index is 0.823. The first kappa shape index (κ1) is 12.5. The van der Waals surface area contributed by atoms with E-state index in [1.54, 1.807) is 0 Å². The Morgan fingerprint density at radius 3 is 3.11 bits per heavy atom. The summed E-state index contributed by atoms with van der Waals surface area (Å²) in [5.41, 5.74) is 2.68. The third-order valence-electron chi connectivity index (χ3n) is 3.06. The standard InChI is InChI=1S/C13H12BrIN2O/c14-11-8-17(16-13(11)15)5-3-9-1-2-12-10(7-9)4-6-18-12/h1-2,7-8H,3-6H2. The fourth-order valence-electron chi connectivity index (χ4n) is 2.13. The van der Waals surface area contributed by atoms with Crippen LogP contribution in [0.25, 0.3) is 0 Å². The molecule has 0 saturated heterocycles. The number of benzene rings is 1. The Labute approximate surface area is 128 Å². The zero-order chi connectivity index (χ0) is 12.5. The first-order valence-corrected chi connectivity index (χ1v) is 7.72. The van der Waals surface area contributed by atoms with Gasteiger partial charge in [0.1, 0.15) is 9.45 Å². The highest BCUT2D eigenvalue weighted by Crippen LogP contribution is 2.26. The molecular weight excluding hydrogens is 407 g/mol. The molecule has 94 valence electrons. The topological polar surface area (TPSA) is 27.1 Å². The Kier molecular flexibility index (Phi) is 3.61. The third-order valence-corrected chi connectivity index (χ3v) is 5.18. The van der Waals surface area contributed by atoms with Crippen LogP contribution >= 0.6 is 38.5 Å². The molecule has 1 aromatic carbocycles. The molecule has 5 heteroatoms. The van der Waals surface area contributed by atoms with Gasteiger partial charge >= 0.3 is 0 Å². The van der Waals surface area contributed by atoms with Gasteiger partial charge in [-0.15, -0.1) is 0 Å². The summed E-state index contributed by atoms with van der Waals surface area (Å²) in [6.07, 6.45) is 4.06. The molecule has 2 heterocycles. The van der Waals surface area contributed by atoms with Gasteiger partial charge in [0.05, 0.1) is 11.1 Å². The molecular formula is C13H12BrIN2O. The van der Waals surface area contributed by atoms with Crippen LogP contribution in [0.1, 0.15) is 11.1 Å². The number of hydrogen-bond donors (Lipinski definition) is 0. The molecule has 0 atom stereocenters. The van der Waals surface area contributed by atoms with E-state index in [1.165, 1.54) is 11.1 Å². The summed E-state index contributed by atoms with van der Waals surface area (Å²) < 4.78 is 9.56. The predicted octanol–water partition coefficient (Wildman–Crippen LogP) is 3.43. The summed E-state index contributed by atoms with van der Waals surface area (Å²) in [6, 6.07) is 6.49. The zero-order valence-corrected chi connectivity index (χ0v) is 13.4. The molecule has 0 amide bonds. The highest BCUT2D eigenvalue weighted by Gasteiger charge is 2.12. The second kappa shape index (κ2) is 5.21. The van der Waals surface area contributed by atoms with Crippen LogP contribution in [0.5, 0.6) is 5.75 Å². The second-order valence-corrected chi connectivity index (χ2v) is 6.20. The lowest BCUT2D eigenvalue weighted by atomic mass is 10.1. The maximum atomic E-state index is 5.51. The smallest absolute Gasteiger partial charge is 0.137 e. The average molecular weight is 419 g/mol. The van der Waals surface area contributed by atoms with Gasteiger partial charge in [0.25, 0.3) is 0 Å². The van der Waals surface area contributed by atoms with Gasteiger partial charge in [0.15, 0.2) is 0 Å². The largest absolute Gasteiger partial charge is 0.493 e. The van der Waals surface area contributed by atoms with Gasteiger partial charge in [-0.3, -0.25) is 4.68 Å². The highest BCUT2D eigenvalue weighted by atomic mass is 127. The first-order chi connectivity index (χ1) is 8.72. The predicted molar refractivity (Wildman–Crippen MR) is 82.0 cm³/mol. The molecule has 1 aliphatic rings. The van der Waals surface area contributed by atoms with Crippen LogP contribution in [0.2, 0.25) is 0 Å². The SMILES string of the molecule is Brc1cn(CCc2ccc3c(c2)CCO3)nc1I. The minimum absolute atomic E-state index is 0.823. The van der Waals surface area contributed by atoms with Crippen molar-refractivity contribution in [2.24, 2.45) is 0 Å². The molecule has 18 heavy (non-hydrogen) atoms. The third kappa shape index (κ3) is 2.56. The fourth-order valence-corrected chi connectivity index (χ4v) is 2.86. The molecule has 1 aliphatic heterocycles. The van der Waals surface area contributed by atoms with E-state index in [2.05, 4.69) is 61.8 Å². The maximum absolute atomic E-state index is 5.51. The van der Waals surface area contributed by atoms with Crippen LogP contribution in [-0.4, -0.2) is 16.4 Å². The highest BCUT2D eigenvalue weighted by molar-refractivity contribution is 14.1. The van der Waals surface area contributed by atoms with Crippen LogP contribution in [-0.2, 0) is 19.4 Å². The normalized spacial score (nSPS) is 13.4. The van der Waals surface area contributed by atoms with Gasteiger partial charge in [-0.25, -0.2) is 0 Å². The summed E-state index contributed by atoms with van der Waals surface area (Å²) >= 11 is 5.70. The molecule has 0 N–H and O–H groups in total. The fraction of sp³-hybridized carbons (Fsp3) is 0.308. The first-order valence-electron chi connectivity index (χ1n) is 5.85. The van der Waals surface area contributed by atoms with Gasteiger partial charge in [0.2, 0.25) is 0 Å². The van der Waals surface area contributed by atoms with Crippen molar-refractivity contribution in [1.82, 2.24) is 9.78 Å². The summed E-state index contributed by atoms with van der Waals surface area (Å²) in [7, 11) is 0. The second-order valence-electron chi connectivity index (χ2n) is 4.32. The van der Waals surface area contributed by atoms with Crippen molar-refractivity contribution in [2.45, 2.75) is 19.4 Å². The Hall–Kier alpha value is -0.560. The molecule has 0 fully saturated rings. The quantitative estimate of drug-likeness (QED) is 0.714. The molecule has 2 aromatic rings. The lowest BCUT2D eigenvalue weighted by molar-refractivity contribution is 0.357. The monoisotopic (exact) mass is 418 g/mol. The molecule has 0 aliphatic carbocycles.